The number of carbonyl (C=O) groups is 2. The van der Waals surface area contributed by atoms with Crippen LogP contribution in [0.25, 0.3) is 0 Å². The molecule has 2 aliphatic heterocycles. The number of piperidine rings is 1. The molecule has 0 aromatic heterocycles. The highest BCUT2D eigenvalue weighted by atomic mass is 32.2. The van der Waals surface area contributed by atoms with Crippen LogP contribution in [0.2, 0.25) is 0 Å². The number of hydrogen-bond acceptors (Lipinski definition) is 8. The van der Waals surface area contributed by atoms with Crippen molar-refractivity contribution >= 4 is 27.7 Å². The van der Waals surface area contributed by atoms with Gasteiger partial charge in [0, 0.05) is 31.6 Å². The van der Waals surface area contributed by atoms with Gasteiger partial charge in [0.15, 0.2) is 4.90 Å². The Kier molecular flexibility index (Phi) is 8.80. The molecular formula is C28H34N4O8S. The zero-order chi connectivity index (χ0) is 29.9. The lowest BCUT2D eigenvalue weighted by atomic mass is 9.89. The van der Waals surface area contributed by atoms with E-state index in [0.717, 1.165) is 16.6 Å². The van der Waals surface area contributed by atoms with Gasteiger partial charge in [-0.2, -0.15) is 0 Å². The van der Waals surface area contributed by atoms with Gasteiger partial charge in [-0.1, -0.05) is 53.0 Å². The number of para-hydroxylation sites is 1. The van der Waals surface area contributed by atoms with Gasteiger partial charge in [0.05, 0.1) is 17.6 Å². The van der Waals surface area contributed by atoms with E-state index in [1.807, 2.05) is 0 Å². The van der Waals surface area contributed by atoms with Crippen LogP contribution in [-0.2, 0) is 31.0 Å². The fourth-order valence-electron chi connectivity index (χ4n) is 5.21. The summed E-state index contributed by atoms with van der Waals surface area (Å²) >= 11 is 0. The van der Waals surface area contributed by atoms with Crippen molar-refractivity contribution in [1.29, 1.82) is 0 Å². The summed E-state index contributed by atoms with van der Waals surface area (Å²) in [6.07, 6.45) is 0.980. The van der Waals surface area contributed by atoms with Crippen LogP contribution in [0.4, 0.5) is 10.5 Å². The number of likely N-dealkylation sites (tertiary alicyclic amines) is 2. The van der Waals surface area contributed by atoms with Crippen LogP contribution in [0.3, 0.4) is 0 Å². The second-order valence-electron chi connectivity index (χ2n) is 11.0. The molecule has 0 saturated carbocycles. The Balaban J connectivity index is 1.76. The lowest BCUT2D eigenvalue weighted by Crippen LogP contribution is -2.60. The van der Waals surface area contributed by atoms with Crippen LogP contribution in [0.5, 0.6) is 0 Å². The maximum absolute atomic E-state index is 14.1. The maximum atomic E-state index is 14.1. The number of hydrogen-bond donors (Lipinski definition) is 0. The number of amides is 2. The summed E-state index contributed by atoms with van der Waals surface area (Å²) in [6, 6.07) is 12.0. The summed E-state index contributed by atoms with van der Waals surface area (Å²) in [5.74, 6) is -0.727. The summed E-state index contributed by atoms with van der Waals surface area (Å²) < 4.78 is 34.5. The van der Waals surface area contributed by atoms with Gasteiger partial charge in [-0.05, 0) is 38.8 Å². The molecule has 2 fully saturated rings. The number of nitro benzene ring substituents is 1. The monoisotopic (exact) mass is 586 g/mol. The van der Waals surface area contributed by atoms with Crippen LogP contribution >= 0.6 is 0 Å². The minimum Gasteiger partial charge on any atom is -0.444 e. The zero-order valence-corrected chi connectivity index (χ0v) is 24.0. The first kappa shape index (κ1) is 30.2. The van der Waals surface area contributed by atoms with Crippen LogP contribution in [0.15, 0.2) is 72.1 Å². The van der Waals surface area contributed by atoms with Gasteiger partial charge in [0.2, 0.25) is 5.91 Å². The Hall–Kier alpha value is -3.81. The molecule has 2 aromatic rings. The molecule has 41 heavy (non-hydrogen) atoms. The summed E-state index contributed by atoms with van der Waals surface area (Å²) in [6.45, 7) is 8.94. The van der Waals surface area contributed by atoms with E-state index in [0.29, 0.717) is 5.56 Å². The number of carbonyl (C=O) groups excluding carboxylic acids is 2. The van der Waals surface area contributed by atoms with Crippen molar-refractivity contribution < 1.29 is 32.5 Å². The predicted octanol–water partition coefficient (Wildman–Crippen LogP) is 3.74. The van der Waals surface area contributed by atoms with Crippen LogP contribution in [0, 0.1) is 16.0 Å². The molecule has 2 saturated heterocycles. The first-order chi connectivity index (χ1) is 19.3. The molecule has 2 aromatic carbocycles. The van der Waals surface area contributed by atoms with E-state index in [1.165, 1.54) is 17.0 Å². The Morgan fingerprint density at radius 3 is 2.44 bits per heavy atom. The molecule has 4 rings (SSSR count). The van der Waals surface area contributed by atoms with E-state index < -0.39 is 55.2 Å². The number of fused-ring (bicyclic) bond motifs is 1. The molecule has 3 unspecified atom stereocenters. The molecule has 0 radical (unpaired) electrons. The molecule has 0 bridgehead atoms. The van der Waals surface area contributed by atoms with Gasteiger partial charge >= 0.3 is 6.09 Å². The maximum Gasteiger partial charge on any atom is 0.411 e. The third kappa shape index (κ3) is 6.58. The average Bonchev–Trinajstić information content (AvgIpc) is 3.23. The fourth-order valence-corrected chi connectivity index (χ4v) is 6.79. The standard InChI is InChI=1S/C28H34N4O8S/c1-5-15-29-17-21-16-22(18-30(25(21)26(29)33)27(34)40-28(2,3)4)32(39-19-20-11-7-6-8-12-20)41(37,38)24-14-10-9-13-23(24)31(35)36/h5-14,21-22,25H,1,15-19H2,2-4H3. The largest absolute Gasteiger partial charge is 0.444 e. The van der Waals surface area contributed by atoms with Crippen LogP contribution < -0.4 is 0 Å². The first-order valence-corrected chi connectivity index (χ1v) is 14.6. The van der Waals surface area contributed by atoms with Gasteiger partial charge in [0.1, 0.15) is 11.6 Å². The summed E-state index contributed by atoms with van der Waals surface area (Å²) in [5, 5.41) is 11.8. The zero-order valence-electron chi connectivity index (χ0n) is 23.2. The van der Waals surface area contributed by atoms with Crippen molar-refractivity contribution in [3.05, 3.63) is 82.9 Å². The highest BCUT2D eigenvalue weighted by Gasteiger charge is 2.53. The molecule has 13 heteroatoms. The second-order valence-corrected chi connectivity index (χ2v) is 12.8. The first-order valence-electron chi connectivity index (χ1n) is 13.2. The minimum atomic E-state index is -4.62. The average molecular weight is 587 g/mol. The molecule has 220 valence electrons. The van der Waals surface area contributed by atoms with Crippen molar-refractivity contribution in [3.8, 4) is 0 Å². The third-order valence-corrected chi connectivity index (χ3v) is 8.62. The van der Waals surface area contributed by atoms with Crippen molar-refractivity contribution in [2.24, 2.45) is 5.92 Å². The normalized spacial score (nSPS) is 21.1. The topological polar surface area (TPSA) is 140 Å². The van der Waals surface area contributed by atoms with Crippen LogP contribution in [-0.4, -0.2) is 76.9 Å². The third-order valence-electron chi connectivity index (χ3n) is 6.84. The van der Waals surface area contributed by atoms with Gasteiger partial charge in [-0.25, -0.2) is 13.2 Å². The quantitative estimate of drug-likeness (QED) is 0.246. The minimum absolute atomic E-state index is 0.154. The Morgan fingerprint density at radius 1 is 1.15 bits per heavy atom. The number of nitrogens with zero attached hydrogens (tertiary/aromatic N) is 4. The van der Waals surface area contributed by atoms with Gasteiger partial charge in [0.25, 0.3) is 15.7 Å². The van der Waals surface area contributed by atoms with Crippen molar-refractivity contribution in [2.75, 3.05) is 19.6 Å². The Bertz CT molecular complexity index is 1410. The molecule has 12 nitrogen and oxygen atoms in total. The van der Waals surface area contributed by atoms with E-state index in [9.17, 15) is 28.1 Å². The molecular weight excluding hydrogens is 552 g/mol. The molecule has 3 atom stereocenters. The number of rotatable bonds is 9. The molecule has 2 amide bonds. The molecule has 0 aliphatic carbocycles. The molecule has 0 N–H and O–H groups in total. The Morgan fingerprint density at radius 2 is 1.80 bits per heavy atom. The number of nitro groups is 1. The van der Waals surface area contributed by atoms with Crippen molar-refractivity contribution in [3.63, 3.8) is 0 Å². The van der Waals surface area contributed by atoms with Crippen molar-refractivity contribution in [2.45, 2.75) is 56.4 Å². The van der Waals surface area contributed by atoms with Crippen LogP contribution in [0.1, 0.15) is 32.8 Å². The second kappa shape index (κ2) is 12.0. The fraction of sp³-hybridized carbons (Fsp3) is 0.429. The smallest absolute Gasteiger partial charge is 0.411 e. The van der Waals surface area contributed by atoms with E-state index in [4.69, 9.17) is 9.57 Å². The number of benzene rings is 2. The Labute approximate surface area is 239 Å². The van der Waals surface area contributed by atoms with Crippen molar-refractivity contribution in [1.82, 2.24) is 14.3 Å². The molecule has 2 aliphatic rings. The summed E-state index contributed by atoms with van der Waals surface area (Å²) in [4.78, 5) is 45.9. The number of ether oxygens (including phenoxy) is 1. The van der Waals surface area contributed by atoms with Gasteiger partial charge < -0.3 is 9.64 Å². The lowest BCUT2D eigenvalue weighted by Gasteiger charge is -2.42. The summed E-state index contributed by atoms with van der Waals surface area (Å²) in [5.41, 5.74) is -0.810. The summed E-state index contributed by atoms with van der Waals surface area (Å²) in [7, 11) is -4.62. The number of sulfonamides is 1. The highest BCUT2D eigenvalue weighted by molar-refractivity contribution is 7.89. The van der Waals surface area contributed by atoms with E-state index in [-0.39, 0.29) is 38.6 Å². The van der Waals surface area contributed by atoms with Gasteiger partial charge in [-0.15, -0.1) is 6.58 Å². The van der Waals surface area contributed by atoms with Gasteiger partial charge in [-0.3, -0.25) is 24.6 Å². The predicted molar refractivity (Wildman–Crippen MR) is 149 cm³/mol. The lowest BCUT2D eigenvalue weighted by molar-refractivity contribution is -0.388. The molecule has 2 heterocycles. The molecule has 0 spiro atoms. The SMILES string of the molecule is C=CCN1CC2CC(N(OCc3ccccc3)S(=O)(=O)c3ccccc3[N+](=O)[O-])CN(C(=O)OC(C)(C)C)C2C1=O. The van der Waals surface area contributed by atoms with E-state index >= 15 is 0 Å². The highest BCUT2D eigenvalue weighted by Crippen LogP contribution is 2.37. The van der Waals surface area contributed by atoms with E-state index in [1.54, 1.807) is 62.1 Å². The number of hydroxylamine groups is 1. The van der Waals surface area contributed by atoms with E-state index in [2.05, 4.69) is 6.58 Å².